The average Bonchev–Trinajstić information content (AvgIpc) is 3.19. The number of amides is 1. The maximum absolute atomic E-state index is 12.9. The number of sulfonamides is 1. The smallest absolute Gasteiger partial charge is 0.243 e. The van der Waals surface area contributed by atoms with Crippen LogP contribution in [-0.2, 0) is 21.4 Å². The summed E-state index contributed by atoms with van der Waals surface area (Å²) in [4.78, 5) is 16.9. The van der Waals surface area contributed by atoms with E-state index in [1.165, 1.54) is 4.31 Å². The third kappa shape index (κ3) is 3.49. The van der Waals surface area contributed by atoms with Gasteiger partial charge in [0.2, 0.25) is 15.9 Å². The summed E-state index contributed by atoms with van der Waals surface area (Å²) in [5, 5.41) is 2.96. The van der Waals surface area contributed by atoms with Crippen molar-refractivity contribution in [2.24, 2.45) is 11.3 Å². The molecule has 1 aromatic carbocycles. The molecule has 2 atom stereocenters. The van der Waals surface area contributed by atoms with Crippen LogP contribution in [0, 0.1) is 18.3 Å². The number of aryl methyl sites for hydroxylation is 1. The summed E-state index contributed by atoms with van der Waals surface area (Å²) in [7, 11) is -3.50. The van der Waals surface area contributed by atoms with Gasteiger partial charge in [0.1, 0.15) is 0 Å². The number of benzene rings is 1. The summed E-state index contributed by atoms with van der Waals surface area (Å²) < 4.78 is 27.4. The van der Waals surface area contributed by atoms with Crippen molar-refractivity contribution in [1.29, 1.82) is 0 Å². The van der Waals surface area contributed by atoms with Gasteiger partial charge in [0.15, 0.2) is 0 Å². The van der Waals surface area contributed by atoms with Crippen molar-refractivity contribution in [2.45, 2.75) is 31.2 Å². The Balaban J connectivity index is 1.39. The molecule has 6 nitrogen and oxygen atoms in total. The Kier molecular flexibility index (Phi) is 4.52. The molecule has 1 aromatic heterocycles. The van der Waals surface area contributed by atoms with E-state index < -0.39 is 10.0 Å². The number of pyridine rings is 1. The molecule has 2 fully saturated rings. The first-order chi connectivity index (χ1) is 12.9. The molecule has 0 unspecified atom stereocenters. The predicted octanol–water partition coefficient (Wildman–Crippen LogP) is 2.11. The lowest BCUT2D eigenvalue weighted by Gasteiger charge is -2.17. The molecular formula is C20H23N3O3S. The Labute approximate surface area is 159 Å². The van der Waals surface area contributed by atoms with Crippen LogP contribution in [-0.4, -0.2) is 36.7 Å². The highest BCUT2D eigenvalue weighted by molar-refractivity contribution is 7.89. The van der Waals surface area contributed by atoms with Crippen LogP contribution in [0.2, 0.25) is 0 Å². The average molecular weight is 385 g/mol. The second-order valence-corrected chi connectivity index (χ2v) is 9.54. The van der Waals surface area contributed by atoms with Crippen LogP contribution < -0.4 is 5.32 Å². The van der Waals surface area contributed by atoms with Gasteiger partial charge in [0.05, 0.1) is 4.90 Å². The van der Waals surface area contributed by atoms with Gasteiger partial charge < -0.3 is 5.32 Å². The van der Waals surface area contributed by atoms with Crippen molar-refractivity contribution in [1.82, 2.24) is 14.6 Å². The lowest BCUT2D eigenvalue weighted by atomic mass is 10.0. The van der Waals surface area contributed by atoms with Gasteiger partial charge in [-0.05, 0) is 54.5 Å². The first-order valence-corrected chi connectivity index (χ1v) is 10.6. The number of nitrogens with zero attached hydrogens (tertiary/aromatic N) is 2. The summed E-state index contributed by atoms with van der Waals surface area (Å²) in [6, 6.07) is 10.7. The molecule has 2 aliphatic rings. The van der Waals surface area contributed by atoms with E-state index >= 15 is 0 Å². The predicted molar refractivity (Wildman–Crippen MR) is 101 cm³/mol. The third-order valence-corrected chi connectivity index (χ3v) is 7.51. The first kappa shape index (κ1) is 18.1. The molecule has 27 heavy (non-hydrogen) atoms. The van der Waals surface area contributed by atoms with E-state index in [9.17, 15) is 13.2 Å². The van der Waals surface area contributed by atoms with Gasteiger partial charge in [-0.15, -0.1) is 0 Å². The van der Waals surface area contributed by atoms with Gasteiger partial charge in [0, 0.05) is 37.9 Å². The van der Waals surface area contributed by atoms with Crippen molar-refractivity contribution in [3.05, 3.63) is 59.9 Å². The van der Waals surface area contributed by atoms with Gasteiger partial charge in [-0.1, -0.05) is 18.2 Å². The molecule has 142 valence electrons. The second kappa shape index (κ2) is 6.73. The number of nitrogens with one attached hydrogen (secondary N) is 1. The minimum Gasteiger partial charge on any atom is -0.352 e. The minimum atomic E-state index is -3.50. The Bertz CT molecular complexity index is 961. The molecule has 2 heterocycles. The molecule has 1 spiro atoms. The normalized spacial score (nSPS) is 24.9. The molecule has 1 saturated carbocycles. The molecule has 1 N–H and O–H groups in total. The standard InChI is InChI=1S/C20H23N3O3S/c1-15-4-2-6-17(10-15)27(25,26)23-9-7-20(14-23)11-18(20)19(24)22-13-16-5-3-8-21-12-16/h2-6,8,10,12,18H,7,9,11,13-14H2,1H3,(H,22,24)/t18-,20-/m1/s1. The third-order valence-electron chi connectivity index (χ3n) is 5.67. The van der Waals surface area contributed by atoms with E-state index in [0.29, 0.717) is 24.5 Å². The molecular weight excluding hydrogens is 362 g/mol. The minimum absolute atomic E-state index is 0.00802. The van der Waals surface area contributed by atoms with Gasteiger partial charge >= 0.3 is 0 Å². The van der Waals surface area contributed by atoms with E-state index in [2.05, 4.69) is 10.3 Å². The summed E-state index contributed by atoms with van der Waals surface area (Å²) in [6.45, 7) is 3.23. The van der Waals surface area contributed by atoms with Crippen molar-refractivity contribution in [3.8, 4) is 0 Å². The highest BCUT2D eigenvalue weighted by atomic mass is 32.2. The van der Waals surface area contributed by atoms with Crippen LogP contribution in [0.25, 0.3) is 0 Å². The van der Waals surface area contributed by atoms with Crippen molar-refractivity contribution < 1.29 is 13.2 Å². The van der Waals surface area contributed by atoms with E-state index in [1.54, 1.807) is 30.6 Å². The summed E-state index contributed by atoms with van der Waals surface area (Å²) in [6.07, 6.45) is 4.92. The molecule has 4 rings (SSSR count). The zero-order chi connectivity index (χ0) is 19.1. The van der Waals surface area contributed by atoms with Crippen LogP contribution >= 0.6 is 0 Å². The zero-order valence-corrected chi connectivity index (χ0v) is 16.1. The van der Waals surface area contributed by atoms with Crippen molar-refractivity contribution in [2.75, 3.05) is 13.1 Å². The Morgan fingerprint density at radius 1 is 1.33 bits per heavy atom. The lowest BCUT2D eigenvalue weighted by molar-refractivity contribution is -0.123. The second-order valence-electron chi connectivity index (χ2n) is 7.60. The molecule has 1 amide bonds. The number of hydrogen-bond donors (Lipinski definition) is 1. The summed E-state index contributed by atoms with van der Waals surface area (Å²) in [5.74, 6) is -0.0967. The fraction of sp³-hybridized carbons (Fsp3) is 0.400. The van der Waals surface area contributed by atoms with Crippen molar-refractivity contribution >= 4 is 15.9 Å². The van der Waals surface area contributed by atoms with Crippen LogP contribution in [0.4, 0.5) is 0 Å². The molecule has 2 aromatic rings. The molecule has 1 aliphatic carbocycles. The van der Waals surface area contributed by atoms with Gasteiger partial charge in [-0.3, -0.25) is 9.78 Å². The Hall–Kier alpha value is -2.25. The maximum atomic E-state index is 12.9. The molecule has 7 heteroatoms. The number of aromatic nitrogens is 1. The molecule has 1 aliphatic heterocycles. The summed E-state index contributed by atoms with van der Waals surface area (Å²) >= 11 is 0. The van der Waals surface area contributed by atoms with Gasteiger partial charge in [0.25, 0.3) is 0 Å². The maximum Gasteiger partial charge on any atom is 0.243 e. The molecule has 1 saturated heterocycles. The van der Waals surface area contributed by atoms with Crippen LogP contribution in [0.3, 0.4) is 0 Å². The monoisotopic (exact) mass is 385 g/mol. The van der Waals surface area contributed by atoms with Gasteiger partial charge in [-0.2, -0.15) is 4.31 Å². The fourth-order valence-corrected chi connectivity index (χ4v) is 5.61. The fourth-order valence-electron chi connectivity index (χ4n) is 3.97. The zero-order valence-electron chi connectivity index (χ0n) is 15.3. The number of carbonyl (C=O) groups is 1. The van der Waals surface area contributed by atoms with E-state index in [0.717, 1.165) is 24.0 Å². The number of carbonyl (C=O) groups excluding carboxylic acids is 1. The molecule has 0 radical (unpaired) electrons. The van der Waals surface area contributed by atoms with Gasteiger partial charge in [-0.25, -0.2) is 8.42 Å². The Morgan fingerprint density at radius 3 is 2.93 bits per heavy atom. The van der Waals surface area contributed by atoms with Crippen LogP contribution in [0.5, 0.6) is 0 Å². The Morgan fingerprint density at radius 2 is 2.19 bits per heavy atom. The largest absolute Gasteiger partial charge is 0.352 e. The van der Waals surface area contributed by atoms with E-state index in [-0.39, 0.29) is 17.2 Å². The van der Waals surface area contributed by atoms with E-state index in [1.807, 2.05) is 25.1 Å². The molecule has 0 bridgehead atoms. The quantitative estimate of drug-likeness (QED) is 0.855. The topological polar surface area (TPSA) is 79.4 Å². The number of rotatable bonds is 5. The lowest BCUT2D eigenvalue weighted by Crippen LogP contribution is -2.31. The first-order valence-electron chi connectivity index (χ1n) is 9.14. The highest BCUT2D eigenvalue weighted by Crippen LogP contribution is 2.59. The van der Waals surface area contributed by atoms with Crippen LogP contribution in [0.15, 0.2) is 53.7 Å². The van der Waals surface area contributed by atoms with Crippen molar-refractivity contribution in [3.63, 3.8) is 0 Å². The number of hydrogen-bond acceptors (Lipinski definition) is 4. The SMILES string of the molecule is Cc1cccc(S(=O)(=O)N2CC[C@@]3(C[C@@H]3C(=O)NCc3cccnc3)C2)c1. The van der Waals surface area contributed by atoms with E-state index in [4.69, 9.17) is 0 Å². The summed E-state index contributed by atoms with van der Waals surface area (Å²) in [5.41, 5.74) is 1.68. The highest BCUT2D eigenvalue weighted by Gasteiger charge is 2.62. The van der Waals surface area contributed by atoms with Crippen LogP contribution in [0.1, 0.15) is 24.0 Å².